The van der Waals surface area contributed by atoms with Crippen molar-refractivity contribution < 1.29 is 9.59 Å². The lowest BCUT2D eigenvalue weighted by atomic mass is 9.78. The van der Waals surface area contributed by atoms with Crippen molar-refractivity contribution in [3.63, 3.8) is 0 Å². The van der Waals surface area contributed by atoms with E-state index in [-0.39, 0.29) is 17.9 Å². The second-order valence-corrected chi connectivity index (χ2v) is 7.17. The van der Waals surface area contributed by atoms with Crippen LogP contribution in [0.5, 0.6) is 0 Å². The standard InChI is InChI=1S/C17H28N2O2/c1-2-6-14-15(20)18-17(10-4-3-5-11-17)16(21)19(14)12-9-13-7-8-13/h13-14H,2-12H2,1H3,(H,18,20). The van der Waals surface area contributed by atoms with Gasteiger partial charge < -0.3 is 10.2 Å². The van der Waals surface area contributed by atoms with E-state index in [0.717, 1.165) is 57.4 Å². The van der Waals surface area contributed by atoms with E-state index in [0.29, 0.717) is 0 Å². The Hall–Kier alpha value is -1.06. The van der Waals surface area contributed by atoms with Gasteiger partial charge in [0, 0.05) is 6.54 Å². The van der Waals surface area contributed by atoms with E-state index in [1.54, 1.807) is 0 Å². The molecule has 2 saturated carbocycles. The summed E-state index contributed by atoms with van der Waals surface area (Å²) in [6.45, 7) is 2.87. The van der Waals surface area contributed by atoms with Gasteiger partial charge in [-0.25, -0.2) is 0 Å². The Labute approximate surface area is 127 Å². The van der Waals surface area contributed by atoms with Crippen LogP contribution in [0.1, 0.15) is 71.1 Å². The molecule has 0 aromatic carbocycles. The summed E-state index contributed by atoms with van der Waals surface area (Å²) in [7, 11) is 0. The van der Waals surface area contributed by atoms with Gasteiger partial charge in [0.2, 0.25) is 11.8 Å². The van der Waals surface area contributed by atoms with Crippen LogP contribution in [-0.4, -0.2) is 34.8 Å². The molecule has 2 aliphatic carbocycles. The predicted octanol–water partition coefficient (Wildman–Crippen LogP) is 2.62. The molecule has 0 bridgehead atoms. The molecule has 1 aliphatic heterocycles. The number of nitrogens with zero attached hydrogens (tertiary/aromatic N) is 1. The summed E-state index contributed by atoms with van der Waals surface area (Å²) in [4.78, 5) is 27.6. The normalized spacial score (nSPS) is 28.8. The highest BCUT2D eigenvalue weighted by atomic mass is 16.2. The molecule has 3 rings (SSSR count). The highest BCUT2D eigenvalue weighted by Gasteiger charge is 2.50. The van der Waals surface area contributed by atoms with Crippen molar-refractivity contribution in [3.8, 4) is 0 Å². The van der Waals surface area contributed by atoms with E-state index in [2.05, 4.69) is 12.2 Å². The van der Waals surface area contributed by atoms with Crippen LogP contribution >= 0.6 is 0 Å². The van der Waals surface area contributed by atoms with Gasteiger partial charge in [-0.05, 0) is 31.6 Å². The van der Waals surface area contributed by atoms with Crippen LogP contribution in [0.25, 0.3) is 0 Å². The third-order valence-corrected chi connectivity index (χ3v) is 5.46. The quantitative estimate of drug-likeness (QED) is 0.847. The van der Waals surface area contributed by atoms with Crippen molar-refractivity contribution in [1.82, 2.24) is 10.2 Å². The van der Waals surface area contributed by atoms with Crippen molar-refractivity contribution in [1.29, 1.82) is 0 Å². The number of carbonyl (C=O) groups excluding carboxylic acids is 2. The Morgan fingerprint density at radius 2 is 1.86 bits per heavy atom. The van der Waals surface area contributed by atoms with Crippen LogP contribution < -0.4 is 5.32 Å². The molecular weight excluding hydrogens is 264 g/mol. The molecule has 4 nitrogen and oxygen atoms in total. The second-order valence-electron chi connectivity index (χ2n) is 7.17. The zero-order valence-corrected chi connectivity index (χ0v) is 13.2. The first-order valence-electron chi connectivity index (χ1n) is 8.79. The van der Waals surface area contributed by atoms with E-state index in [1.807, 2.05) is 4.90 Å². The maximum Gasteiger partial charge on any atom is 0.249 e. The van der Waals surface area contributed by atoms with Gasteiger partial charge in [0.15, 0.2) is 0 Å². The molecule has 1 atom stereocenters. The Morgan fingerprint density at radius 1 is 1.14 bits per heavy atom. The molecule has 0 aromatic rings. The van der Waals surface area contributed by atoms with Gasteiger partial charge in [-0.3, -0.25) is 9.59 Å². The Morgan fingerprint density at radius 3 is 2.48 bits per heavy atom. The van der Waals surface area contributed by atoms with Crippen LogP contribution in [0.15, 0.2) is 0 Å². The maximum atomic E-state index is 13.1. The summed E-state index contributed by atoms with van der Waals surface area (Å²) >= 11 is 0. The summed E-state index contributed by atoms with van der Waals surface area (Å²) in [5.74, 6) is 1.10. The Balaban J connectivity index is 1.77. The van der Waals surface area contributed by atoms with Crippen LogP contribution in [-0.2, 0) is 9.59 Å². The lowest BCUT2D eigenvalue weighted by molar-refractivity contribution is -0.157. The molecule has 0 aromatic heterocycles. The number of piperazine rings is 1. The SMILES string of the molecule is CCCC1C(=O)NC2(CCCCC2)C(=O)N1CCC1CC1. The molecule has 1 saturated heterocycles. The van der Waals surface area contributed by atoms with E-state index < -0.39 is 5.54 Å². The first-order valence-corrected chi connectivity index (χ1v) is 8.79. The predicted molar refractivity (Wildman–Crippen MR) is 81.7 cm³/mol. The van der Waals surface area contributed by atoms with Crippen LogP contribution in [0.3, 0.4) is 0 Å². The Bertz CT molecular complexity index is 411. The highest BCUT2D eigenvalue weighted by Crippen LogP contribution is 2.36. The van der Waals surface area contributed by atoms with Crippen molar-refractivity contribution in [2.45, 2.75) is 82.7 Å². The second kappa shape index (κ2) is 5.98. The highest BCUT2D eigenvalue weighted by molar-refractivity contribution is 5.99. The van der Waals surface area contributed by atoms with Crippen LogP contribution in [0.2, 0.25) is 0 Å². The van der Waals surface area contributed by atoms with Crippen molar-refractivity contribution >= 4 is 11.8 Å². The molecule has 4 heteroatoms. The van der Waals surface area contributed by atoms with Crippen LogP contribution in [0, 0.1) is 5.92 Å². The maximum absolute atomic E-state index is 13.1. The van der Waals surface area contributed by atoms with Crippen LogP contribution in [0.4, 0.5) is 0 Å². The van der Waals surface area contributed by atoms with Crippen molar-refractivity contribution in [2.75, 3.05) is 6.54 Å². The minimum absolute atomic E-state index is 0.0918. The molecule has 21 heavy (non-hydrogen) atoms. The number of hydrogen-bond donors (Lipinski definition) is 1. The summed E-state index contributed by atoms with van der Waals surface area (Å²) in [5.41, 5.74) is -0.566. The molecule has 1 N–H and O–H groups in total. The summed E-state index contributed by atoms with van der Waals surface area (Å²) in [5, 5.41) is 3.12. The third-order valence-electron chi connectivity index (χ3n) is 5.46. The van der Waals surface area contributed by atoms with Gasteiger partial charge in [-0.1, -0.05) is 45.4 Å². The average molecular weight is 292 g/mol. The summed E-state index contributed by atoms with van der Waals surface area (Å²) in [6, 6.07) is -0.228. The largest absolute Gasteiger partial charge is 0.340 e. The smallest absolute Gasteiger partial charge is 0.249 e. The molecular formula is C17H28N2O2. The third kappa shape index (κ3) is 2.95. The molecule has 1 spiro atoms. The number of nitrogens with one attached hydrogen (secondary N) is 1. The number of amides is 2. The van der Waals surface area contributed by atoms with Gasteiger partial charge in [0.1, 0.15) is 11.6 Å². The molecule has 2 amide bonds. The average Bonchev–Trinajstić information content (AvgIpc) is 3.30. The molecule has 3 fully saturated rings. The first kappa shape index (κ1) is 14.9. The number of rotatable bonds is 5. The number of carbonyl (C=O) groups is 2. The minimum atomic E-state index is -0.566. The van der Waals surface area contributed by atoms with E-state index in [1.165, 1.54) is 19.3 Å². The molecule has 1 unspecified atom stereocenters. The van der Waals surface area contributed by atoms with Crippen molar-refractivity contribution in [3.05, 3.63) is 0 Å². The van der Waals surface area contributed by atoms with Gasteiger partial charge in [-0.15, -0.1) is 0 Å². The fraction of sp³-hybridized carbons (Fsp3) is 0.882. The molecule has 118 valence electrons. The zero-order chi connectivity index (χ0) is 14.9. The fourth-order valence-corrected chi connectivity index (χ4v) is 3.97. The molecule has 1 heterocycles. The lowest BCUT2D eigenvalue weighted by Crippen LogP contribution is -2.70. The fourth-order valence-electron chi connectivity index (χ4n) is 3.97. The zero-order valence-electron chi connectivity index (χ0n) is 13.2. The van der Waals surface area contributed by atoms with E-state index in [4.69, 9.17) is 0 Å². The topological polar surface area (TPSA) is 49.4 Å². The monoisotopic (exact) mass is 292 g/mol. The van der Waals surface area contributed by atoms with Gasteiger partial charge in [-0.2, -0.15) is 0 Å². The number of hydrogen-bond acceptors (Lipinski definition) is 2. The van der Waals surface area contributed by atoms with Crippen molar-refractivity contribution in [2.24, 2.45) is 5.92 Å². The van der Waals surface area contributed by atoms with Gasteiger partial charge in [0.25, 0.3) is 0 Å². The van der Waals surface area contributed by atoms with E-state index in [9.17, 15) is 9.59 Å². The molecule has 0 radical (unpaired) electrons. The Kier molecular flexibility index (Phi) is 4.23. The van der Waals surface area contributed by atoms with Gasteiger partial charge in [0.05, 0.1) is 0 Å². The summed E-state index contributed by atoms with van der Waals surface area (Å²) in [6.07, 6.45) is 10.4. The van der Waals surface area contributed by atoms with Gasteiger partial charge >= 0.3 is 0 Å². The first-order chi connectivity index (χ1) is 10.2. The lowest BCUT2D eigenvalue weighted by Gasteiger charge is -2.47. The molecule has 3 aliphatic rings. The summed E-state index contributed by atoms with van der Waals surface area (Å²) < 4.78 is 0. The van der Waals surface area contributed by atoms with E-state index >= 15 is 0 Å². The minimum Gasteiger partial charge on any atom is -0.340 e.